The number of ether oxygens (including phenoxy) is 1. The number of methoxy groups -OCH3 is 1. The standard InChI is InChI=1S/C17H24N2O3/c1-22-16(20)10-15(12-6-3-2-4-7-12)19-17(21)14-9-5-8-13(14)11-18/h2-4,6-7,13-15H,5,8-11,18H2,1H3,(H,19,21)/t13-,14-,15?/m1/s1. The highest BCUT2D eigenvalue weighted by Crippen LogP contribution is 2.32. The summed E-state index contributed by atoms with van der Waals surface area (Å²) in [5, 5.41) is 3.01. The zero-order valence-corrected chi connectivity index (χ0v) is 13.0. The fourth-order valence-electron chi connectivity index (χ4n) is 3.13. The highest BCUT2D eigenvalue weighted by Gasteiger charge is 2.33. The average molecular weight is 304 g/mol. The van der Waals surface area contributed by atoms with E-state index in [4.69, 9.17) is 10.5 Å². The quantitative estimate of drug-likeness (QED) is 0.785. The second kappa shape index (κ2) is 7.94. The minimum absolute atomic E-state index is 0.00861. The first kappa shape index (κ1) is 16.5. The molecule has 3 atom stereocenters. The van der Waals surface area contributed by atoms with Crippen LogP contribution in [0.1, 0.15) is 37.3 Å². The lowest BCUT2D eigenvalue weighted by molar-refractivity contribution is -0.141. The molecule has 1 aromatic rings. The molecule has 1 amide bonds. The van der Waals surface area contributed by atoms with E-state index in [0.29, 0.717) is 6.54 Å². The largest absolute Gasteiger partial charge is 0.469 e. The van der Waals surface area contributed by atoms with Gasteiger partial charge in [0.25, 0.3) is 0 Å². The number of amides is 1. The van der Waals surface area contributed by atoms with Crippen molar-refractivity contribution >= 4 is 11.9 Å². The Morgan fingerprint density at radius 1 is 1.32 bits per heavy atom. The Morgan fingerprint density at radius 2 is 2.05 bits per heavy atom. The third-order valence-corrected chi connectivity index (χ3v) is 4.42. The molecule has 120 valence electrons. The van der Waals surface area contributed by atoms with Crippen LogP contribution in [0.25, 0.3) is 0 Å². The number of nitrogens with two attached hydrogens (primary N) is 1. The van der Waals surface area contributed by atoms with Gasteiger partial charge >= 0.3 is 5.97 Å². The summed E-state index contributed by atoms with van der Waals surface area (Å²) < 4.78 is 4.74. The zero-order valence-electron chi connectivity index (χ0n) is 13.0. The summed E-state index contributed by atoms with van der Waals surface area (Å²) in [6.45, 7) is 0.533. The molecule has 5 heteroatoms. The Hall–Kier alpha value is -1.88. The molecule has 0 radical (unpaired) electrons. The Morgan fingerprint density at radius 3 is 2.68 bits per heavy atom. The van der Waals surface area contributed by atoms with Crippen molar-refractivity contribution in [3.63, 3.8) is 0 Å². The maximum atomic E-state index is 12.5. The first-order valence-corrected chi connectivity index (χ1v) is 7.78. The van der Waals surface area contributed by atoms with E-state index in [1.807, 2.05) is 30.3 Å². The van der Waals surface area contributed by atoms with Crippen molar-refractivity contribution in [2.24, 2.45) is 17.6 Å². The fourth-order valence-corrected chi connectivity index (χ4v) is 3.13. The number of rotatable bonds is 6. The molecule has 0 aliphatic heterocycles. The van der Waals surface area contributed by atoms with Crippen LogP contribution in [-0.2, 0) is 14.3 Å². The van der Waals surface area contributed by atoms with Gasteiger partial charge < -0.3 is 15.8 Å². The van der Waals surface area contributed by atoms with E-state index in [-0.39, 0.29) is 36.2 Å². The summed E-state index contributed by atoms with van der Waals surface area (Å²) in [6, 6.07) is 9.14. The van der Waals surface area contributed by atoms with Gasteiger partial charge in [0.15, 0.2) is 0 Å². The Balaban J connectivity index is 2.09. The predicted octanol–water partition coefficient (Wildman–Crippen LogP) is 1.78. The van der Waals surface area contributed by atoms with E-state index < -0.39 is 0 Å². The summed E-state index contributed by atoms with van der Waals surface area (Å²) in [6.07, 6.45) is 3.04. The molecule has 1 unspecified atom stereocenters. The summed E-state index contributed by atoms with van der Waals surface area (Å²) in [4.78, 5) is 24.2. The van der Waals surface area contributed by atoms with Crippen LogP contribution in [0, 0.1) is 11.8 Å². The van der Waals surface area contributed by atoms with Crippen molar-refractivity contribution in [1.29, 1.82) is 0 Å². The van der Waals surface area contributed by atoms with E-state index in [9.17, 15) is 9.59 Å². The van der Waals surface area contributed by atoms with Crippen LogP contribution in [0.2, 0.25) is 0 Å². The summed E-state index contributed by atoms with van der Waals surface area (Å²) in [7, 11) is 1.35. The zero-order chi connectivity index (χ0) is 15.9. The summed E-state index contributed by atoms with van der Waals surface area (Å²) >= 11 is 0. The molecule has 0 bridgehead atoms. The molecule has 3 N–H and O–H groups in total. The van der Waals surface area contributed by atoms with Crippen molar-refractivity contribution in [3.8, 4) is 0 Å². The van der Waals surface area contributed by atoms with E-state index in [1.54, 1.807) is 0 Å². The molecule has 0 aromatic heterocycles. The van der Waals surface area contributed by atoms with E-state index in [0.717, 1.165) is 24.8 Å². The summed E-state index contributed by atoms with van der Waals surface area (Å²) in [5.74, 6) is -0.148. The van der Waals surface area contributed by atoms with Gasteiger partial charge in [-0.25, -0.2) is 0 Å². The highest BCUT2D eigenvalue weighted by molar-refractivity contribution is 5.80. The molecule has 5 nitrogen and oxygen atoms in total. The van der Waals surface area contributed by atoms with Crippen molar-refractivity contribution < 1.29 is 14.3 Å². The first-order valence-electron chi connectivity index (χ1n) is 7.78. The lowest BCUT2D eigenvalue weighted by Crippen LogP contribution is -2.38. The van der Waals surface area contributed by atoms with Crippen LogP contribution >= 0.6 is 0 Å². The second-order valence-electron chi connectivity index (χ2n) is 5.79. The van der Waals surface area contributed by atoms with Crippen molar-refractivity contribution in [2.45, 2.75) is 31.7 Å². The molecule has 1 aliphatic rings. The number of carbonyl (C=O) groups excluding carboxylic acids is 2. The molecular weight excluding hydrogens is 280 g/mol. The van der Waals surface area contributed by atoms with E-state index in [2.05, 4.69) is 5.32 Å². The monoisotopic (exact) mass is 304 g/mol. The van der Waals surface area contributed by atoms with Crippen molar-refractivity contribution in [1.82, 2.24) is 5.32 Å². The summed E-state index contributed by atoms with van der Waals surface area (Å²) in [5.41, 5.74) is 6.66. The Labute approximate surface area is 131 Å². The predicted molar refractivity (Wildman–Crippen MR) is 83.8 cm³/mol. The molecule has 0 spiro atoms. The maximum Gasteiger partial charge on any atom is 0.307 e. The fraction of sp³-hybridized carbons (Fsp3) is 0.529. The van der Waals surface area contributed by atoms with Gasteiger partial charge in [0.2, 0.25) is 5.91 Å². The molecule has 0 saturated heterocycles. The second-order valence-corrected chi connectivity index (χ2v) is 5.79. The van der Waals surface area contributed by atoms with Crippen LogP contribution in [-0.4, -0.2) is 25.5 Å². The maximum absolute atomic E-state index is 12.5. The van der Waals surface area contributed by atoms with Gasteiger partial charge in [-0.1, -0.05) is 36.8 Å². The normalized spacial score (nSPS) is 22.1. The van der Waals surface area contributed by atoms with Gasteiger partial charge in [-0.15, -0.1) is 0 Å². The number of hydrogen-bond acceptors (Lipinski definition) is 4. The lowest BCUT2D eigenvalue weighted by atomic mass is 9.94. The highest BCUT2D eigenvalue weighted by atomic mass is 16.5. The van der Waals surface area contributed by atoms with Gasteiger partial charge in [-0.2, -0.15) is 0 Å². The van der Waals surface area contributed by atoms with Gasteiger partial charge in [-0.05, 0) is 30.9 Å². The molecule has 1 aliphatic carbocycles. The van der Waals surface area contributed by atoms with Gasteiger partial charge in [0, 0.05) is 5.92 Å². The number of hydrogen-bond donors (Lipinski definition) is 2. The molecule has 1 saturated carbocycles. The Bertz CT molecular complexity index is 504. The SMILES string of the molecule is COC(=O)CC(NC(=O)[C@@H]1CCC[C@@H]1CN)c1ccccc1. The number of benzene rings is 1. The average Bonchev–Trinajstić information content (AvgIpc) is 3.03. The molecule has 0 heterocycles. The first-order chi connectivity index (χ1) is 10.7. The molecule has 1 aromatic carbocycles. The topological polar surface area (TPSA) is 81.4 Å². The molecular formula is C17H24N2O3. The van der Waals surface area contributed by atoms with Crippen molar-refractivity contribution in [3.05, 3.63) is 35.9 Å². The number of esters is 1. The van der Waals surface area contributed by atoms with Gasteiger partial charge in [0.05, 0.1) is 19.6 Å². The minimum atomic E-state index is -0.361. The molecule has 22 heavy (non-hydrogen) atoms. The number of nitrogens with one attached hydrogen (secondary N) is 1. The van der Waals surface area contributed by atoms with Gasteiger partial charge in [0.1, 0.15) is 0 Å². The molecule has 1 fully saturated rings. The van der Waals surface area contributed by atoms with Crippen LogP contribution < -0.4 is 11.1 Å². The van der Waals surface area contributed by atoms with Crippen LogP contribution in [0.15, 0.2) is 30.3 Å². The third kappa shape index (κ3) is 4.07. The third-order valence-electron chi connectivity index (χ3n) is 4.42. The van der Waals surface area contributed by atoms with Gasteiger partial charge in [-0.3, -0.25) is 9.59 Å². The van der Waals surface area contributed by atoms with Crippen LogP contribution in [0.3, 0.4) is 0 Å². The van der Waals surface area contributed by atoms with E-state index >= 15 is 0 Å². The van der Waals surface area contributed by atoms with Crippen LogP contribution in [0.4, 0.5) is 0 Å². The van der Waals surface area contributed by atoms with E-state index in [1.165, 1.54) is 7.11 Å². The number of carbonyl (C=O) groups is 2. The Kier molecular flexibility index (Phi) is 5.95. The minimum Gasteiger partial charge on any atom is -0.469 e. The smallest absolute Gasteiger partial charge is 0.307 e. The molecule has 2 rings (SSSR count). The van der Waals surface area contributed by atoms with Crippen molar-refractivity contribution in [2.75, 3.05) is 13.7 Å². The van der Waals surface area contributed by atoms with Crippen LogP contribution in [0.5, 0.6) is 0 Å². The lowest BCUT2D eigenvalue weighted by Gasteiger charge is -2.23.